The molecule has 1 aliphatic carbocycles. The maximum atomic E-state index is 10.9. The number of pyridine rings is 1. The fourth-order valence-corrected chi connectivity index (χ4v) is 3.74. The number of aromatic carboxylic acids is 1. The van der Waals surface area contributed by atoms with E-state index in [2.05, 4.69) is 22.4 Å². The van der Waals surface area contributed by atoms with Crippen LogP contribution in [0.25, 0.3) is 10.8 Å². The minimum Gasteiger partial charge on any atom is -0.490 e. The van der Waals surface area contributed by atoms with Crippen molar-refractivity contribution in [2.45, 2.75) is 44.4 Å². The quantitative estimate of drug-likeness (QED) is 0.667. The van der Waals surface area contributed by atoms with Crippen molar-refractivity contribution in [2.75, 3.05) is 0 Å². The molecule has 4 rings (SSSR count). The summed E-state index contributed by atoms with van der Waals surface area (Å²) in [7, 11) is 0. The van der Waals surface area contributed by atoms with E-state index in [9.17, 15) is 4.79 Å². The van der Waals surface area contributed by atoms with Crippen LogP contribution in [0.15, 0.2) is 60.9 Å². The first-order valence-electron chi connectivity index (χ1n) is 9.73. The van der Waals surface area contributed by atoms with Gasteiger partial charge in [-0.15, -0.1) is 0 Å². The SMILES string of the molecule is O=C(O)c1ccc(CNC2CCC(Oc3ccc4cnccc4c3)CC2)cc1. The van der Waals surface area contributed by atoms with E-state index >= 15 is 0 Å². The summed E-state index contributed by atoms with van der Waals surface area (Å²) >= 11 is 0. The zero-order valence-electron chi connectivity index (χ0n) is 15.7. The van der Waals surface area contributed by atoms with E-state index in [1.807, 2.05) is 30.5 Å². The van der Waals surface area contributed by atoms with Gasteiger partial charge in [-0.2, -0.15) is 0 Å². The molecular formula is C23H24N2O3. The van der Waals surface area contributed by atoms with Crippen molar-refractivity contribution in [3.05, 3.63) is 72.1 Å². The molecule has 1 heterocycles. The number of hydrogen-bond donors (Lipinski definition) is 2. The average Bonchev–Trinajstić information content (AvgIpc) is 2.73. The zero-order chi connectivity index (χ0) is 19.3. The fraction of sp³-hybridized carbons (Fsp3) is 0.304. The highest BCUT2D eigenvalue weighted by Gasteiger charge is 2.22. The van der Waals surface area contributed by atoms with Gasteiger partial charge in [-0.3, -0.25) is 4.98 Å². The predicted octanol–water partition coefficient (Wildman–Crippen LogP) is 4.41. The molecule has 2 aromatic carbocycles. The average molecular weight is 376 g/mol. The molecule has 0 radical (unpaired) electrons. The number of carbonyl (C=O) groups is 1. The number of hydrogen-bond acceptors (Lipinski definition) is 4. The minimum absolute atomic E-state index is 0.257. The third-order valence-corrected chi connectivity index (χ3v) is 5.38. The smallest absolute Gasteiger partial charge is 0.335 e. The van der Waals surface area contributed by atoms with Gasteiger partial charge in [0.05, 0.1) is 11.7 Å². The monoisotopic (exact) mass is 376 g/mol. The molecule has 144 valence electrons. The van der Waals surface area contributed by atoms with Crippen molar-refractivity contribution in [3.63, 3.8) is 0 Å². The molecule has 0 atom stereocenters. The summed E-state index contributed by atoms with van der Waals surface area (Å²) in [5, 5.41) is 14.8. The van der Waals surface area contributed by atoms with Crippen molar-refractivity contribution in [1.29, 1.82) is 0 Å². The molecule has 1 saturated carbocycles. The van der Waals surface area contributed by atoms with Crippen LogP contribution in [0, 0.1) is 0 Å². The van der Waals surface area contributed by atoms with Crippen molar-refractivity contribution in [2.24, 2.45) is 0 Å². The van der Waals surface area contributed by atoms with E-state index in [0.717, 1.165) is 54.3 Å². The second-order valence-electron chi connectivity index (χ2n) is 7.36. The number of carboxylic acids is 1. The van der Waals surface area contributed by atoms with Gasteiger partial charge in [0.2, 0.25) is 0 Å². The molecule has 0 saturated heterocycles. The summed E-state index contributed by atoms with van der Waals surface area (Å²) in [6, 6.07) is 15.7. The molecule has 0 amide bonds. The predicted molar refractivity (Wildman–Crippen MR) is 109 cm³/mol. The van der Waals surface area contributed by atoms with Gasteiger partial charge < -0.3 is 15.2 Å². The first-order chi connectivity index (χ1) is 13.7. The van der Waals surface area contributed by atoms with Crippen molar-refractivity contribution < 1.29 is 14.6 Å². The highest BCUT2D eigenvalue weighted by atomic mass is 16.5. The lowest BCUT2D eigenvalue weighted by atomic mass is 9.92. The van der Waals surface area contributed by atoms with E-state index in [-0.39, 0.29) is 6.10 Å². The number of fused-ring (bicyclic) bond motifs is 1. The summed E-state index contributed by atoms with van der Waals surface area (Å²) in [4.78, 5) is 15.1. The lowest BCUT2D eigenvalue weighted by Gasteiger charge is -2.29. The van der Waals surface area contributed by atoms with Crippen LogP contribution in [0.5, 0.6) is 5.75 Å². The molecule has 28 heavy (non-hydrogen) atoms. The Morgan fingerprint density at radius 3 is 2.57 bits per heavy atom. The summed E-state index contributed by atoms with van der Waals surface area (Å²) in [6.07, 6.45) is 8.15. The van der Waals surface area contributed by atoms with Crippen LogP contribution in [0.3, 0.4) is 0 Å². The first kappa shape index (κ1) is 18.4. The van der Waals surface area contributed by atoms with Gasteiger partial charge in [-0.05, 0) is 73.0 Å². The zero-order valence-corrected chi connectivity index (χ0v) is 15.7. The number of aromatic nitrogens is 1. The van der Waals surface area contributed by atoms with E-state index in [1.165, 1.54) is 0 Å². The summed E-state index contributed by atoms with van der Waals surface area (Å²) < 4.78 is 6.21. The number of carboxylic acid groups (broad SMARTS) is 1. The normalized spacial score (nSPS) is 19.4. The maximum absolute atomic E-state index is 10.9. The van der Waals surface area contributed by atoms with Crippen LogP contribution in [0.1, 0.15) is 41.6 Å². The molecule has 0 aliphatic heterocycles. The molecule has 1 aliphatic rings. The molecule has 0 unspecified atom stereocenters. The van der Waals surface area contributed by atoms with Crippen LogP contribution < -0.4 is 10.1 Å². The molecule has 5 heteroatoms. The Balaban J connectivity index is 1.25. The molecule has 1 aromatic heterocycles. The van der Waals surface area contributed by atoms with Gasteiger partial charge in [0.25, 0.3) is 0 Å². The van der Waals surface area contributed by atoms with Crippen LogP contribution in [0.2, 0.25) is 0 Å². The lowest BCUT2D eigenvalue weighted by Crippen LogP contribution is -2.35. The van der Waals surface area contributed by atoms with Crippen molar-refractivity contribution in [1.82, 2.24) is 10.3 Å². The Hall–Kier alpha value is -2.92. The summed E-state index contributed by atoms with van der Waals surface area (Å²) in [6.45, 7) is 0.759. The Kier molecular flexibility index (Phi) is 5.53. The maximum Gasteiger partial charge on any atom is 0.335 e. The molecule has 0 spiro atoms. The Morgan fingerprint density at radius 1 is 1.04 bits per heavy atom. The van der Waals surface area contributed by atoms with Gasteiger partial charge in [0.1, 0.15) is 5.75 Å². The van der Waals surface area contributed by atoms with Crippen LogP contribution in [-0.4, -0.2) is 28.2 Å². The summed E-state index contributed by atoms with van der Waals surface area (Å²) in [5.41, 5.74) is 1.43. The molecule has 0 bridgehead atoms. The number of nitrogens with one attached hydrogen (secondary N) is 1. The van der Waals surface area contributed by atoms with E-state index in [4.69, 9.17) is 9.84 Å². The summed E-state index contributed by atoms with van der Waals surface area (Å²) in [5.74, 6) is 0.0366. The van der Waals surface area contributed by atoms with Crippen molar-refractivity contribution in [3.8, 4) is 5.75 Å². The van der Waals surface area contributed by atoms with Gasteiger partial charge in [-0.25, -0.2) is 4.79 Å². The topological polar surface area (TPSA) is 71.5 Å². The van der Waals surface area contributed by atoms with E-state index < -0.39 is 5.97 Å². The molecule has 2 N–H and O–H groups in total. The van der Waals surface area contributed by atoms with Gasteiger partial charge in [0.15, 0.2) is 0 Å². The van der Waals surface area contributed by atoms with Crippen LogP contribution in [-0.2, 0) is 6.54 Å². The fourth-order valence-electron chi connectivity index (χ4n) is 3.74. The van der Waals surface area contributed by atoms with Gasteiger partial charge >= 0.3 is 5.97 Å². The second kappa shape index (κ2) is 8.40. The number of rotatable bonds is 6. The van der Waals surface area contributed by atoms with Crippen LogP contribution >= 0.6 is 0 Å². The van der Waals surface area contributed by atoms with Gasteiger partial charge in [-0.1, -0.05) is 12.1 Å². The van der Waals surface area contributed by atoms with Crippen LogP contribution in [0.4, 0.5) is 0 Å². The lowest BCUT2D eigenvalue weighted by molar-refractivity contribution is 0.0697. The van der Waals surface area contributed by atoms with E-state index in [0.29, 0.717) is 11.6 Å². The largest absolute Gasteiger partial charge is 0.490 e. The van der Waals surface area contributed by atoms with E-state index in [1.54, 1.807) is 18.3 Å². The molecular weight excluding hydrogens is 352 g/mol. The molecule has 1 fully saturated rings. The van der Waals surface area contributed by atoms with Gasteiger partial charge in [0, 0.05) is 30.4 Å². The Labute approximate surface area is 164 Å². The number of ether oxygens (including phenoxy) is 1. The Bertz CT molecular complexity index is 947. The standard InChI is InChI=1S/C23H24N2O3/c26-23(27)17-3-1-16(2-4-17)14-25-20-6-9-21(10-7-20)28-22-8-5-19-15-24-12-11-18(19)13-22/h1-5,8,11-13,15,20-21,25H,6-7,9-10,14H2,(H,26,27). The molecule has 3 aromatic rings. The van der Waals surface area contributed by atoms with Crippen molar-refractivity contribution >= 4 is 16.7 Å². The number of nitrogens with zero attached hydrogens (tertiary/aromatic N) is 1. The highest BCUT2D eigenvalue weighted by Crippen LogP contribution is 2.26. The Morgan fingerprint density at radius 2 is 1.82 bits per heavy atom. The molecule has 5 nitrogen and oxygen atoms in total. The highest BCUT2D eigenvalue weighted by molar-refractivity contribution is 5.87. The second-order valence-corrected chi connectivity index (χ2v) is 7.36. The minimum atomic E-state index is -0.888. The first-order valence-corrected chi connectivity index (χ1v) is 9.73. The third kappa shape index (κ3) is 4.49. The number of benzene rings is 2. The third-order valence-electron chi connectivity index (χ3n) is 5.38.